The average molecular weight is 262 g/mol. The van der Waals surface area contributed by atoms with Crippen LogP contribution in [0.1, 0.15) is 38.1 Å². The fourth-order valence-electron chi connectivity index (χ4n) is 3.21. The Morgan fingerprint density at radius 3 is 2.89 bits per heavy atom. The highest BCUT2D eigenvalue weighted by molar-refractivity contribution is 5.11. The minimum absolute atomic E-state index is 0.749. The molecule has 0 aromatic carbocycles. The van der Waals surface area contributed by atoms with Crippen LogP contribution < -0.4 is 5.32 Å². The van der Waals surface area contributed by atoms with Crippen LogP contribution in [0.3, 0.4) is 0 Å². The van der Waals surface area contributed by atoms with Gasteiger partial charge in [-0.05, 0) is 38.2 Å². The van der Waals surface area contributed by atoms with Crippen molar-refractivity contribution in [3.8, 4) is 0 Å². The van der Waals surface area contributed by atoms with Crippen LogP contribution in [0, 0.1) is 5.92 Å². The van der Waals surface area contributed by atoms with Gasteiger partial charge in [0.05, 0.1) is 11.4 Å². The van der Waals surface area contributed by atoms with Crippen molar-refractivity contribution in [1.82, 2.24) is 20.0 Å². The van der Waals surface area contributed by atoms with E-state index in [-0.39, 0.29) is 0 Å². The van der Waals surface area contributed by atoms with E-state index in [9.17, 15) is 0 Å². The Balaban J connectivity index is 1.73. The summed E-state index contributed by atoms with van der Waals surface area (Å²) in [5.74, 6) is 0.941. The van der Waals surface area contributed by atoms with Crippen molar-refractivity contribution < 1.29 is 0 Å². The molecule has 0 radical (unpaired) electrons. The maximum Gasteiger partial charge on any atom is 0.0625 e. The Morgan fingerprint density at radius 2 is 2.21 bits per heavy atom. The molecular weight excluding hydrogens is 236 g/mol. The average Bonchev–Trinajstić information content (AvgIpc) is 3.21. The van der Waals surface area contributed by atoms with Crippen molar-refractivity contribution in [1.29, 1.82) is 0 Å². The molecule has 1 saturated carbocycles. The maximum atomic E-state index is 4.67. The molecule has 0 amide bonds. The van der Waals surface area contributed by atoms with Gasteiger partial charge in [-0.2, -0.15) is 5.10 Å². The molecule has 1 atom stereocenters. The number of aryl methyl sites for hydroxylation is 2. The maximum absolute atomic E-state index is 4.67. The number of nitrogens with one attached hydrogen (secondary N) is 1. The molecule has 1 aromatic rings. The second-order valence-electron chi connectivity index (χ2n) is 5.88. The molecule has 4 nitrogen and oxygen atoms in total. The predicted molar refractivity (Wildman–Crippen MR) is 77.1 cm³/mol. The molecule has 2 fully saturated rings. The third kappa shape index (κ3) is 2.84. The van der Waals surface area contributed by atoms with Crippen LogP contribution in [0.4, 0.5) is 0 Å². The molecule has 19 heavy (non-hydrogen) atoms. The third-order valence-corrected chi connectivity index (χ3v) is 4.51. The zero-order chi connectivity index (χ0) is 13.2. The molecule has 1 unspecified atom stereocenters. The van der Waals surface area contributed by atoms with Crippen LogP contribution in [0.5, 0.6) is 0 Å². The van der Waals surface area contributed by atoms with E-state index in [1.807, 2.05) is 0 Å². The molecule has 1 aromatic heterocycles. The van der Waals surface area contributed by atoms with E-state index >= 15 is 0 Å². The fraction of sp³-hybridized carbons (Fsp3) is 0.800. The number of piperazine rings is 1. The summed E-state index contributed by atoms with van der Waals surface area (Å²) in [4.78, 5) is 2.68. The molecule has 1 N–H and O–H groups in total. The summed E-state index contributed by atoms with van der Waals surface area (Å²) >= 11 is 0. The first-order chi connectivity index (χ1) is 9.31. The van der Waals surface area contributed by atoms with Crippen LogP contribution in [0.2, 0.25) is 0 Å². The van der Waals surface area contributed by atoms with Gasteiger partial charge in [0.25, 0.3) is 0 Å². The summed E-state index contributed by atoms with van der Waals surface area (Å²) < 4.78 is 2.19. The Bertz CT molecular complexity index is 422. The highest BCUT2D eigenvalue weighted by Gasteiger charge is 2.36. The molecule has 1 aliphatic carbocycles. The highest BCUT2D eigenvalue weighted by Crippen LogP contribution is 2.36. The van der Waals surface area contributed by atoms with Gasteiger partial charge in [0, 0.05) is 38.8 Å². The smallest absolute Gasteiger partial charge is 0.0625 e. The molecule has 106 valence electrons. The minimum Gasteiger partial charge on any atom is -0.314 e. The van der Waals surface area contributed by atoms with Gasteiger partial charge in [0.1, 0.15) is 0 Å². The first-order valence-electron chi connectivity index (χ1n) is 7.82. The third-order valence-electron chi connectivity index (χ3n) is 4.51. The summed E-state index contributed by atoms with van der Waals surface area (Å²) in [6.07, 6.45) is 3.89. The number of aromatic nitrogens is 2. The SMILES string of the molecule is CCc1cc(CN2CCNCC2C2CC2)n(CC)n1. The molecule has 2 aliphatic rings. The summed E-state index contributed by atoms with van der Waals surface area (Å²) in [5.41, 5.74) is 2.63. The summed E-state index contributed by atoms with van der Waals surface area (Å²) in [7, 11) is 0. The first-order valence-corrected chi connectivity index (χ1v) is 7.82. The van der Waals surface area contributed by atoms with E-state index in [2.05, 4.69) is 39.9 Å². The molecule has 2 heterocycles. The number of rotatable bonds is 5. The van der Waals surface area contributed by atoms with Gasteiger partial charge in [-0.15, -0.1) is 0 Å². The predicted octanol–water partition coefficient (Wildman–Crippen LogP) is 1.65. The Hall–Kier alpha value is -0.870. The molecule has 0 spiro atoms. The van der Waals surface area contributed by atoms with E-state index in [1.165, 1.54) is 37.3 Å². The molecule has 0 bridgehead atoms. The first kappa shape index (κ1) is 13.1. The molecule has 1 saturated heterocycles. The molecule has 1 aliphatic heterocycles. The normalized spacial score (nSPS) is 24.8. The second kappa shape index (κ2) is 5.63. The summed E-state index contributed by atoms with van der Waals surface area (Å²) in [6, 6.07) is 3.05. The van der Waals surface area contributed by atoms with Crippen LogP contribution in [-0.2, 0) is 19.5 Å². The van der Waals surface area contributed by atoms with E-state index in [4.69, 9.17) is 0 Å². The highest BCUT2D eigenvalue weighted by atomic mass is 15.3. The topological polar surface area (TPSA) is 33.1 Å². The fourth-order valence-corrected chi connectivity index (χ4v) is 3.21. The Morgan fingerprint density at radius 1 is 1.37 bits per heavy atom. The number of hydrogen-bond donors (Lipinski definition) is 1. The van der Waals surface area contributed by atoms with E-state index in [0.717, 1.165) is 38.0 Å². The standard InChI is InChI=1S/C15H26N4/c1-3-13-9-14(19(4-2)17-13)11-18-8-7-16-10-15(18)12-5-6-12/h9,12,15-16H,3-8,10-11H2,1-2H3. The number of nitrogens with zero attached hydrogens (tertiary/aromatic N) is 3. The molecule has 3 rings (SSSR count). The van der Waals surface area contributed by atoms with Crippen molar-refractivity contribution in [2.75, 3.05) is 19.6 Å². The lowest BCUT2D eigenvalue weighted by molar-refractivity contribution is 0.132. The van der Waals surface area contributed by atoms with E-state index in [0.29, 0.717) is 0 Å². The van der Waals surface area contributed by atoms with Crippen molar-refractivity contribution >= 4 is 0 Å². The number of hydrogen-bond acceptors (Lipinski definition) is 3. The Kier molecular flexibility index (Phi) is 3.89. The van der Waals surface area contributed by atoms with Crippen molar-refractivity contribution in [2.24, 2.45) is 5.92 Å². The van der Waals surface area contributed by atoms with Gasteiger partial charge in [0.15, 0.2) is 0 Å². The Labute approximate surface area is 116 Å². The van der Waals surface area contributed by atoms with Crippen LogP contribution >= 0.6 is 0 Å². The van der Waals surface area contributed by atoms with E-state index < -0.39 is 0 Å². The molecular formula is C15H26N4. The van der Waals surface area contributed by atoms with Gasteiger partial charge in [-0.25, -0.2) is 0 Å². The largest absolute Gasteiger partial charge is 0.314 e. The zero-order valence-electron chi connectivity index (χ0n) is 12.2. The van der Waals surface area contributed by atoms with Gasteiger partial charge in [0.2, 0.25) is 0 Å². The van der Waals surface area contributed by atoms with Crippen LogP contribution in [0.25, 0.3) is 0 Å². The quantitative estimate of drug-likeness (QED) is 0.876. The van der Waals surface area contributed by atoms with Gasteiger partial charge in [-0.1, -0.05) is 6.92 Å². The van der Waals surface area contributed by atoms with Gasteiger partial charge >= 0.3 is 0 Å². The van der Waals surface area contributed by atoms with Gasteiger partial charge < -0.3 is 5.32 Å². The molecule has 4 heteroatoms. The van der Waals surface area contributed by atoms with Crippen LogP contribution in [-0.4, -0.2) is 40.4 Å². The minimum atomic E-state index is 0.749. The van der Waals surface area contributed by atoms with Crippen molar-refractivity contribution in [2.45, 2.75) is 52.2 Å². The van der Waals surface area contributed by atoms with Crippen LogP contribution in [0.15, 0.2) is 6.07 Å². The van der Waals surface area contributed by atoms with Crippen molar-refractivity contribution in [3.05, 3.63) is 17.5 Å². The monoisotopic (exact) mass is 262 g/mol. The second-order valence-corrected chi connectivity index (χ2v) is 5.88. The summed E-state index contributed by atoms with van der Waals surface area (Å²) in [6.45, 7) is 9.91. The lowest BCUT2D eigenvalue weighted by Crippen LogP contribution is -2.51. The van der Waals surface area contributed by atoms with Gasteiger partial charge in [-0.3, -0.25) is 9.58 Å². The zero-order valence-corrected chi connectivity index (χ0v) is 12.2. The van der Waals surface area contributed by atoms with Crippen molar-refractivity contribution in [3.63, 3.8) is 0 Å². The lowest BCUT2D eigenvalue weighted by atomic mass is 10.1. The van der Waals surface area contributed by atoms with E-state index in [1.54, 1.807) is 0 Å². The lowest BCUT2D eigenvalue weighted by Gasteiger charge is -2.36. The summed E-state index contributed by atoms with van der Waals surface area (Å²) in [5, 5.41) is 8.23.